The zero-order chi connectivity index (χ0) is 16.6. The molecule has 2 N–H and O–H groups in total. The molecule has 3 aromatic rings. The maximum atomic E-state index is 5.54. The van der Waals surface area contributed by atoms with Crippen molar-refractivity contribution >= 4 is 0 Å². The van der Waals surface area contributed by atoms with Crippen molar-refractivity contribution in [1.29, 1.82) is 0 Å². The molecule has 0 radical (unpaired) electrons. The minimum atomic E-state index is 0.654. The fraction of sp³-hybridized carbons (Fsp3) is 0.263. The van der Waals surface area contributed by atoms with Gasteiger partial charge in [0.25, 0.3) is 0 Å². The molecule has 0 unspecified atom stereocenters. The van der Waals surface area contributed by atoms with Crippen molar-refractivity contribution < 1.29 is 4.74 Å². The van der Waals surface area contributed by atoms with Gasteiger partial charge in [-0.15, -0.1) is 0 Å². The SMILES string of the molecule is CCOCc1ccccc1CNCc1cn[nH]c1-c1cccnc1. The van der Waals surface area contributed by atoms with Crippen LogP contribution in [0.5, 0.6) is 0 Å². The second-order valence-electron chi connectivity index (χ2n) is 5.52. The Bertz CT molecular complexity index is 755. The second kappa shape index (κ2) is 8.38. The van der Waals surface area contributed by atoms with Crippen LogP contribution in [-0.2, 0) is 24.4 Å². The number of hydrogen-bond donors (Lipinski definition) is 2. The lowest BCUT2D eigenvalue weighted by molar-refractivity contribution is 0.133. The zero-order valence-electron chi connectivity index (χ0n) is 13.8. The van der Waals surface area contributed by atoms with Gasteiger partial charge in [-0.3, -0.25) is 10.1 Å². The van der Waals surface area contributed by atoms with Gasteiger partial charge in [0.2, 0.25) is 0 Å². The number of hydrogen-bond acceptors (Lipinski definition) is 4. The highest BCUT2D eigenvalue weighted by atomic mass is 16.5. The number of benzene rings is 1. The Hall–Kier alpha value is -2.50. The van der Waals surface area contributed by atoms with E-state index < -0.39 is 0 Å². The van der Waals surface area contributed by atoms with E-state index in [4.69, 9.17) is 4.74 Å². The molecule has 2 heterocycles. The molecule has 0 aliphatic rings. The maximum absolute atomic E-state index is 5.54. The molecule has 0 amide bonds. The van der Waals surface area contributed by atoms with Gasteiger partial charge in [-0.2, -0.15) is 5.10 Å². The molecule has 0 spiro atoms. The summed E-state index contributed by atoms with van der Waals surface area (Å²) in [6, 6.07) is 12.3. The number of H-pyrrole nitrogens is 1. The highest BCUT2D eigenvalue weighted by Crippen LogP contribution is 2.19. The third-order valence-electron chi connectivity index (χ3n) is 3.88. The Morgan fingerprint density at radius 1 is 1.00 bits per heavy atom. The van der Waals surface area contributed by atoms with Gasteiger partial charge in [0.15, 0.2) is 0 Å². The highest BCUT2D eigenvalue weighted by molar-refractivity contribution is 5.61. The van der Waals surface area contributed by atoms with Gasteiger partial charge >= 0.3 is 0 Å². The summed E-state index contributed by atoms with van der Waals surface area (Å²) in [6.45, 7) is 4.93. The molecule has 1 aromatic carbocycles. The van der Waals surface area contributed by atoms with Crippen molar-refractivity contribution in [1.82, 2.24) is 20.5 Å². The fourth-order valence-electron chi connectivity index (χ4n) is 2.62. The molecule has 24 heavy (non-hydrogen) atoms. The molecule has 0 aliphatic heterocycles. The Labute approximate surface area is 142 Å². The molecule has 5 nitrogen and oxygen atoms in total. The van der Waals surface area contributed by atoms with Crippen LogP contribution in [-0.4, -0.2) is 21.8 Å². The summed E-state index contributed by atoms with van der Waals surface area (Å²) in [4.78, 5) is 4.17. The minimum absolute atomic E-state index is 0.654. The maximum Gasteiger partial charge on any atom is 0.0719 e. The highest BCUT2D eigenvalue weighted by Gasteiger charge is 2.08. The van der Waals surface area contributed by atoms with Crippen LogP contribution in [0.2, 0.25) is 0 Å². The molecule has 0 aliphatic carbocycles. The van der Waals surface area contributed by atoms with Crippen LogP contribution in [0, 0.1) is 0 Å². The molecule has 0 saturated heterocycles. The number of ether oxygens (including phenoxy) is 1. The first-order valence-electron chi connectivity index (χ1n) is 8.16. The summed E-state index contributed by atoms with van der Waals surface area (Å²) in [7, 11) is 0. The largest absolute Gasteiger partial charge is 0.377 e. The number of aromatic nitrogens is 3. The molecule has 124 valence electrons. The van der Waals surface area contributed by atoms with E-state index in [1.807, 2.05) is 31.5 Å². The Balaban J connectivity index is 1.63. The minimum Gasteiger partial charge on any atom is -0.377 e. The van der Waals surface area contributed by atoms with E-state index in [2.05, 4.69) is 44.8 Å². The molecule has 3 rings (SSSR count). The van der Waals surface area contributed by atoms with Gasteiger partial charge in [-0.1, -0.05) is 24.3 Å². The van der Waals surface area contributed by atoms with Crippen molar-refractivity contribution in [2.75, 3.05) is 6.61 Å². The predicted molar refractivity (Wildman–Crippen MR) is 94.1 cm³/mol. The summed E-state index contributed by atoms with van der Waals surface area (Å²) in [5, 5.41) is 10.7. The summed E-state index contributed by atoms with van der Waals surface area (Å²) >= 11 is 0. The third kappa shape index (κ3) is 4.07. The van der Waals surface area contributed by atoms with E-state index in [1.165, 1.54) is 11.1 Å². The molecule has 0 atom stereocenters. The molecule has 5 heteroatoms. The van der Waals surface area contributed by atoms with E-state index in [0.29, 0.717) is 6.61 Å². The second-order valence-corrected chi connectivity index (χ2v) is 5.52. The monoisotopic (exact) mass is 322 g/mol. The van der Waals surface area contributed by atoms with Gasteiger partial charge < -0.3 is 10.1 Å². The fourth-order valence-corrected chi connectivity index (χ4v) is 2.62. The topological polar surface area (TPSA) is 62.8 Å². The summed E-state index contributed by atoms with van der Waals surface area (Å²) in [5.41, 5.74) is 5.68. The Morgan fingerprint density at radius 3 is 2.62 bits per heavy atom. The molecule has 0 saturated carbocycles. The van der Waals surface area contributed by atoms with Gasteiger partial charge in [-0.25, -0.2) is 0 Å². The van der Waals surface area contributed by atoms with Crippen LogP contribution >= 0.6 is 0 Å². The number of nitrogens with one attached hydrogen (secondary N) is 2. The molecule has 2 aromatic heterocycles. The van der Waals surface area contributed by atoms with Crippen LogP contribution in [0.1, 0.15) is 23.6 Å². The Morgan fingerprint density at radius 2 is 1.83 bits per heavy atom. The zero-order valence-corrected chi connectivity index (χ0v) is 13.8. The summed E-state index contributed by atoms with van der Waals surface area (Å²) in [5.74, 6) is 0. The van der Waals surface area contributed by atoms with Gasteiger partial charge in [0, 0.05) is 43.2 Å². The molecular formula is C19H22N4O. The van der Waals surface area contributed by atoms with E-state index in [9.17, 15) is 0 Å². The predicted octanol–water partition coefficient (Wildman–Crippen LogP) is 3.30. The third-order valence-corrected chi connectivity index (χ3v) is 3.88. The van der Waals surface area contributed by atoms with E-state index >= 15 is 0 Å². The quantitative estimate of drug-likeness (QED) is 0.668. The van der Waals surface area contributed by atoms with Crippen molar-refractivity contribution in [2.24, 2.45) is 0 Å². The molecule has 0 bridgehead atoms. The van der Waals surface area contributed by atoms with Gasteiger partial charge in [-0.05, 0) is 30.2 Å². The average molecular weight is 322 g/mol. The van der Waals surface area contributed by atoms with E-state index in [1.54, 1.807) is 6.20 Å². The number of pyridine rings is 1. The van der Waals surface area contributed by atoms with Crippen molar-refractivity contribution in [3.05, 3.63) is 71.7 Å². The lowest BCUT2D eigenvalue weighted by Crippen LogP contribution is -2.14. The van der Waals surface area contributed by atoms with Gasteiger partial charge in [0.1, 0.15) is 0 Å². The first-order valence-corrected chi connectivity index (χ1v) is 8.16. The van der Waals surface area contributed by atoms with Crippen LogP contribution in [0.15, 0.2) is 55.0 Å². The van der Waals surface area contributed by atoms with Crippen molar-refractivity contribution in [3.8, 4) is 11.3 Å². The van der Waals surface area contributed by atoms with Gasteiger partial charge in [0.05, 0.1) is 18.5 Å². The van der Waals surface area contributed by atoms with E-state index in [0.717, 1.165) is 36.5 Å². The summed E-state index contributed by atoms with van der Waals surface area (Å²) in [6.07, 6.45) is 5.48. The normalized spacial score (nSPS) is 10.9. The lowest BCUT2D eigenvalue weighted by atomic mass is 10.1. The van der Waals surface area contributed by atoms with E-state index in [-0.39, 0.29) is 0 Å². The van der Waals surface area contributed by atoms with Crippen LogP contribution in [0.4, 0.5) is 0 Å². The molecule has 0 fully saturated rings. The number of rotatable bonds is 8. The summed E-state index contributed by atoms with van der Waals surface area (Å²) < 4.78 is 5.54. The number of nitrogens with zero attached hydrogens (tertiary/aromatic N) is 2. The first kappa shape index (κ1) is 16.4. The molecular weight excluding hydrogens is 300 g/mol. The standard InChI is InChI=1S/C19H22N4O/c1-2-24-14-17-7-4-3-6-15(17)10-21-12-18-13-22-23-19(18)16-8-5-9-20-11-16/h3-9,11,13,21H,2,10,12,14H2,1H3,(H,22,23). The van der Waals surface area contributed by atoms with Crippen LogP contribution in [0.3, 0.4) is 0 Å². The van der Waals surface area contributed by atoms with Crippen molar-refractivity contribution in [2.45, 2.75) is 26.6 Å². The van der Waals surface area contributed by atoms with Crippen LogP contribution in [0.25, 0.3) is 11.3 Å². The lowest BCUT2D eigenvalue weighted by Gasteiger charge is -2.11. The van der Waals surface area contributed by atoms with Crippen LogP contribution < -0.4 is 5.32 Å². The van der Waals surface area contributed by atoms with Crippen molar-refractivity contribution in [3.63, 3.8) is 0 Å². The first-order chi connectivity index (χ1) is 11.9. The number of aromatic amines is 1. The average Bonchev–Trinajstić information content (AvgIpc) is 3.10. The smallest absolute Gasteiger partial charge is 0.0719 e. The Kier molecular flexibility index (Phi) is 5.71.